The minimum Gasteiger partial charge on any atom is -0.378 e. The third-order valence-electron chi connectivity index (χ3n) is 5.42. The molecule has 2 heterocycles. The summed E-state index contributed by atoms with van der Waals surface area (Å²) in [4.78, 5) is 28.9. The van der Waals surface area contributed by atoms with Crippen LogP contribution in [0.15, 0.2) is 30.3 Å². The van der Waals surface area contributed by atoms with E-state index in [1.807, 2.05) is 23.1 Å². The van der Waals surface area contributed by atoms with Crippen molar-refractivity contribution in [3.8, 4) is 0 Å². The van der Waals surface area contributed by atoms with Crippen LogP contribution in [0.25, 0.3) is 0 Å². The van der Waals surface area contributed by atoms with E-state index < -0.39 is 6.10 Å². The van der Waals surface area contributed by atoms with Crippen molar-refractivity contribution in [2.75, 3.05) is 26.2 Å². The average Bonchev–Trinajstić information content (AvgIpc) is 2.96. The zero-order valence-corrected chi connectivity index (χ0v) is 14.8. The summed E-state index contributed by atoms with van der Waals surface area (Å²) in [5.74, 6) is 0.0282. The highest BCUT2D eigenvalue weighted by Gasteiger charge is 2.32. The van der Waals surface area contributed by atoms with Gasteiger partial charge in [-0.05, 0) is 31.2 Å². The van der Waals surface area contributed by atoms with E-state index in [-0.39, 0.29) is 17.7 Å². The predicted molar refractivity (Wildman–Crippen MR) is 95.8 cm³/mol. The van der Waals surface area contributed by atoms with E-state index in [1.54, 1.807) is 17.0 Å². The summed E-state index contributed by atoms with van der Waals surface area (Å²) in [7, 11) is 0. The number of carbonyl (C=O) groups is 2. The first-order chi connectivity index (χ1) is 12.2. The summed E-state index contributed by atoms with van der Waals surface area (Å²) in [5.41, 5.74) is 0.621. The first-order valence-electron chi connectivity index (χ1n) is 9.47. The molecule has 0 radical (unpaired) electrons. The van der Waals surface area contributed by atoms with Gasteiger partial charge in [-0.25, -0.2) is 0 Å². The van der Waals surface area contributed by atoms with Crippen molar-refractivity contribution in [2.24, 2.45) is 5.92 Å². The molecule has 25 heavy (non-hydrogen) atoms. The van der Waals surface area contributed by atoms with Crippen molar-refractivity contribution in [1.29, 1.82) is 0 Å². The minimum atomic E-state index is -1.11. The van der Waals surface area contributed by atoms with Crippen LogP contribution in [0.5, 0.6) is 0 Å². The summed E-state index contributed by atoms with van der Waals surface area (Å²) >= 11 is 0. The van der Waals surface area contributed by atoms with Gasteiger partial charge in [-0.3, -0.25) is 9.59 Å². The summed E-state index contributed by atoms with van der Waals surface area (Å²) in [6, 6.07) is 9.02. The molecular weight excluding hydrogens is 316 g/mol. The number of aliphatic hydroxyl groups excluding tert-OH is 1. The normalized spacial score (nSPS) is 20.8. The summed E-state index contributed by atoms with van der Waals surface area (Å²) in [6.45, 7) is 2.86. The summed E-state index contributed by atoms with van der Waals surface area (Å²) < 4.78 is 0. The van der Waals surface area contributed by atoms with Gasteiger partial charge < -0.3 is 14.9 Å². The maximum absolute atomic E-state index is 12.7. The SMILES string of the molecule is O=C(C1CCN(C(=O)C(O)c2ccccc2)CC1)N1CCCCCC1. The van der Waals surface area contributed by atoms with Crippen LogP contribution < -0.4 is 0 Å². The van der Waals surface area contributed by atoms with Gasteiger partial charge in [-0.1, -0.05) is 43.2 Å². The maximum atomic E-state index is 12.7. The molecule has 1 aromatic carbocycles. The van der Waals surface area contributed by atoms with E-state index in [4.69, 9.17) is 0 Å². The molecule has 0 spiro atoms. The van der Waals surface area contributed by atoms with Crippen molar-refractivity contribution < 1.29 is 14.7 Å². The van der Waals surface area contributed by atoms with Crippen molar-refractivity contribution in [2.45, 2.75) is 44.6 Å². The standard InChI is InChI=1S/C20H28N2O3/c23-18(16-8-4-3-5-9-16)20(25)22-14-10-17(11-15-22)19(24)21-12-6-1-2-7-13-21/h3-5,8-9,17-18,23H,1-2,6-7,10-15H2. The van der Waals surface area contributed by atoms with Crippen molar-refractivity contribution in [3.05, 3.63) is 35.9 Å². The van der Waals surface area contributed by atoms with Gasteiger partial charge >= 0.3 is 0 Å². The highest BCUT2D eigenvalue weighted by atomic mass is 16.3. The molecular formula is C20H28N2O3. The molecule has 1 unspecified atom stereocenters. The molecule has 2 fully saturated rings. The zero-order valence-electron chi connectivity index (χ0n) is 14.8. The van der Waals surface area contributed by atoms with E-state index in [0.29, 0.717) is 31.5 Å². The Morgan fingerprint density at radius 1 is 0.880 bits per heavy atom. The molecule has 0 aliphatic carbocycles. The second kappa shape index (κ2) is 8.48. The number of benzene rings is 1. The van der Waals surface area contributed by atoms with Crippen LogP contribution >= 0.6 is 0 Å². The van der Waals surface area contributed by atoms with Crippen LogP contribution in [0.3, 0.4) is 0 Å². The van der Waals surface area contributed by atoms with Crippen molar-refractivity contribution >= 4 is 11.8 Å². The van der Waals surface area contributed by atoms with E-state index >= 15 is 0 Å². The molecule has 2 aliphatic heterocycles. The topological polar surface area (TPSA) is 60.9 Å². The monoisotopic (exact) mass is 344 g/mol. The highest BCUT2D eigenvalue weighted by molar-refractivity contribution is 5.83. The third-order valence-corrected chi connectivity index (χ3v) is 5.42. The number of hydrogen-bond acceptors (Lipinski definition) is 3. The lowest BCUT2D eigenvalue weighted by Gasteiger charge is -2.35. The summed E-state index contributed by atoms with van der Waals surface area (Å²) in [5, 5.41) is 10.3. The molecule has 5 heteroatoms. The zero-order chi connectivity index (χ0) is 17.6. The Bertz CT molecular complexity index is 574. The molecule has 136 valence electrons. The smallest absolute Gasteiger partial charge is 0.256 e. The number of rotatable bonds is 3. The molecule has 0 saturated carbocycles. The fraction of sp³-hybridized carbons (Fsp3) is 0.600. The molecule has 5 nitrogen and oxygen atoms in total. The number of carbonyl (C=O) groups excluding carboxylic acids is 2. The van der Waals surface area contributed by atoms with Gasteiger partial charge in [0.25, 0.3) is 5.91 Å². The maximum Gasteiger partial charge on any atom is 0.256 e. The van der Waals surface area contributed by atoms with Crippen molar-refractivity contribution in [3.63, 3.8) is 0 Å². The number of hydrogen-bond donors (Lipinski definition) is 1. The summed E-state index contributed by atoms with van der Waals surface area (Å²) in [6.07, 6.45) is 4.92. The van der Waals surface area contributed by atoms with E-state index in [0.717, 1.165) is 25.9 Å². The van der Waals surface area contributed by atoms with Crippen LogP contribution in [0.1, 0.15) is 50.2 Å². The number of likely N-dealkylation sites (tertiary alicyclic amines) is 2. The quantitative estimate of drug-likeness (QED) is 0.916. The van der Waals surface area contributed by atoms with Crippen LogP contribution in [-0.2, 0) is 9.59 Å². The lowest BCUT2D eigenvalue weighted by atomic mass is 9.94. The Morgan fingerprint density at radius 2 is 1.48 bits per heavy atom. The van der Waals surface area contributed by atoms with E-state index in [1.165, 1.54) is 12.8 Å². The number of piperidine rings is 1. The largest absolute Gasteiger partial charge is 0.378 e. The van der Waals surface area contributed by atoms with Crippen molar-refractivity contribution in [1.82, 2.24) is 9.80 Å². The van der Waals surface area contributed by atoms with E-state index in [2.05, 4.69) is 0 Å². The van der Waals surface area contributed by atoms with Crippen LogP contribution in [0.2, 0.25) is 0 Å². The molecule has 1 atom stereocenters. The van der Waals surface area contributed by atoms with Crippen LogP contribution in [0.4, 0.5) is 0 Å². The first-order valence-corrected chi connectivity index (χ1v) is 9.47. The van der Waals surface area contributed by atoms with Gasteiger partial charge in [0.1, 0.15) is 0 Å². The molecule has 2 amide bonds. The van der Waals surface area contributed by atoms with Gasteiger partial charge in [-0.15, -0.1) is 0 Å². The van der Waals surface area contributed by atoms with E-state index in [9.17, 15) is 14.7 Å². The van der Waals surface area contributed by atoms with Gasteiger partial charge in [-0.2, -0.15) is 0 Å². The Balaban J connectivity index is 1.52. The molecule has 0 aromatic heterocycles. The molecule has 2 aliphatic rings. The first kappa shape index (κ1) is 17.9. The Morgan fingerprint density at radius 3 is 2.08 bits per heavy atom. The number of nitrogens with zero attached hydrogens (tertiary/aromatic N) is 2. The fourth-order valence-corrected chi connectivity index (χ4v) is 3.85. The van der Waals surface area contributed by atoms with Gasteiger partial charge in [0.05, 0.1) is 0 Å². The molecule has 0 bridgehead atoms. The Labute approximate surface area is 149 Å². The van der Waals surface area contributed by atoms with Crippen LogP contribution in [0, 0.1) is 5.92 Å². The number of amides is 2. The van der Waals surface area contributed by atoms with Gasteiger partial charge in [0.15, 0.2) is 6.10 Å². The van der Waals surface area contributed by atoms with Crippen LogP contribution in [-0.4, -0.2) is 52.9 Å². The second-order valence-electron chi connectivity index (χ2n) is 7.15. The molecule has 3 rings (SSSR count). The molecule has 1 N–H and O–H groups in total. The minimum absolute atomic E-state index is 0.0241. The molecule has 1 aromatic rings. The predicted octanol–water partition coefficient (Wildman–Crippen LogP) is 2.36. The third kappa shape index (κ3) is 4.40. The lowest BCUT2D eigenvalue weighted by molar-refractivity contribution is -0.145. The average molecular weight is 344 g/mol. The molecule has 2 saturated heterocycles. The fourth-order valence-electron chi connectivity index (χ4n) is 3.85. The highest BCUT2D eigenvalue weighted by Crippen LogP contribution is 2.24. The second-order valence-corrected chi connectivity index (χ2v) is 7.15. The lowest BCUT2D eigenvalue weighted by Crippen LogP contribution is -2.45. The number of aliphatic hydroxyl groups is 1. The Hall–Kier alpha value is -1.88. The van der Waals surface area contributed by atoms with Gasteiger partial charge in [0.2, 0.25) is 5.91 Å². The Kier molecular flexibility index (Phi) is 6.08. The van der Waals surface area contributed by atoms with Gasteiger partial charge in [0, 0.05) is 32.1 Å².